The lowest BCUT2D eigenvalue weighted by molar-refractivity contribution is -0.124. The highest BCUT2D eigenvalue weighted by molar-refractivity contribution is 5.77. The normalized spacial score (nSPS) is 17.3. The number of aryl methyl sites for hydroxylation is 2. The minimum Gasteiger partial charge on any atom is -0.484 e. The van der Waals surface area contributed by atoms with E-state index in [4.69, 9.17) is 4.74 Å². The Morgan fingerprint density at radius 2 is 1.95 bits per heavy atom. The van der Waals surface area contributed by atoms with Crippen LogP contribution in [0.2, 0.25) is 0 Å². The van der Waals surface area contributed by atoms with E-state index < -0.39 is 5.60 Å². The highest BCUT2D eigenvalue weighted by Gasteiger charge is 2.29. The number of nitrogens with one attached hydrogen (secondary N) is 1. The van der Waals surface area contributed by atoms with E-state index in [1.54, 1.807) is 0 Å². The molecule has 0 unspecified atom stereocenters. The van der Waals surface area contributed by atoms with Crippen LogP contribution in [0, 0.1) is 13.8 Å². The fraction of sp³-hybridized carbons (Fsp3) is 0.588. The molecule has 4 nitrogen and oxygen atoms in total. The van der Waals surface area contributed by atoms with Gasteiger partial charge in [0.2, 0.25) is 0 Å². The lowest BCUT2D eigenvalue weighted by Gasteiger charge is -2.32. The van der Waals surface area contributed by atoms with Crippen LogP contribution in [-0.4, -0.2) is 29.8 Å². The third-order valence-corrected chi connectivity index (χ3v) is 4.25. The lowest BCUT2D eigenvalue weighted by Crippen LogP contribution is -2.45. The molecule has 4 heteroatoms. The molecule has 1 fully saturated rings. The van der Waals surface area contributed by atoms with E-state index in [1.165, 1.54) is 12.0 Å². The smallest absolute Gasteiger partial charge is 0.258 e. The number of rotatable bonds is 5. The molecule has 2 N–H and O–H groups in total. The fourth-order valence-corrected chi connectivity index (χ4v) is 2.65. The summed E-state index contributed by atoms with van der Waals surface area (Å²) in [5.74, 6) is 0.511. The zero-order valence-corrected chi connectivity index (χ0v) is 12.9. The second-order valence-corrected chi connectivity index (χ2v) is 6.10. The molecule has 1 aromatic rings. The van der Waals surface area contributed by atoms with Gasteiger partial charge in [-0.15, -0.1) is 0 Å². The summed E-state index contributed by atoms with van der Waals surface area (Å²) in [4.78, 5) is 11.8. The molecule has 116 valence electrons. The van der Waals surface area contributed by atoms with Gasteiger partial charge in [0.15, 0.2) is 6.61 Å². The zero-order chi connectivity index (χ0) is 15.3. The second kappa shape index (κ2) is 6.94. The van der Waals surface area contributed by atoms with Crippen molar-refractivity contribution in [2.75, 3.05) is 13.2 Å². The van der Waals surface area contributed by atoms with E-state index >= 15 is 0 Å². The van der Waals surface area contributed by atoms with Gasteiger partial charge < -0.3 is 15.2 Å². The molecule has 1 saturated carbocycles. The molecule has 0 radical (unpaired) electrons. The van der Waals surface area contributed by atoms with Gasteiger partial charge in [-0.25, -0.2) is 0 Å². The Hall–Kier alpha value is -1.55. The van der Waals surface area contributed by atoms with E-state index in [0.717, 1.165) is 31.2 Å². The van der Waals surface area contributed by atoms with Crippen molar-refractivity contribution in [1.29, 1.82) is 0 Å². The maximum atomic E-state index is 11.8. The molecular weight excluding hydrogens is 266 g/mol. The van der Waals surface area contributed by atoms with Gasteiger partial charge in [-0.3, -0.25) is 4.79 Å². The average molecular weight is 291 g/mol. The third kappa shape index (κ3) is 4.74. The first-order chi connectivity index (χ1) is 9.98. The van der Waals surface area contributed by atoms with E-state index in [-0.39, 0.29) is 12.5 Å². The second-order valence-electron chi connectivity index (χ2n) is 6.10. The van der Waals surface area contributed by atoms with Gasteiger partial charge in [0.1, 0.15) is 5.75 Å². The Morgan fingerprint density at radius 1 is 1.24 bits per heavy atom. The van der Waals surface area contributed by atoms with Crippen molar-refractivity contribution in [2.45, 2.75) is 51.6 Å². The number of amides is 1. The number of carbonyl (C=O) groups is 1. The van der Waals surface area contributed by atoms with Crippen molar-refractivity contribution in [3.05, 3.63) is 29.3 Å². The summed E-state index contributed by atoms with van der Waals surface area (Å²) in [7, 11) is 0. The molecule has 2 rings (SSSR count). The van der Waals surface area contributed by atoms with Gasteiger partial charge in [0, 0.05) is 6.54 Å². The van der Waals surface area contributed by atoms with Crippen LogP contribution in [0.5, 0.6) is 5.75 Å². The maximum Gasteiger partial charge on any atom is 0.258 e. The molecule has 1 aliphatic carbocycles. The monoisotopic (exact) mass is 291 g/mol. The van der Waals surface area contributed by atoms with Crippen molar-refractivity contribution >= 4 is 5.91 Å². The van der Waals surface area contributed by atoms with Crippen LogP contribution < -0.4 is 10.1 Å². The van der Waals surface area contributed by atoms with E-state index in [9.17, 15) is 9.90 Å². The molecule has 0 heterocycles. The van der Waals surface area contributed by atoms with E-state index in [1.807, 2.05) is 32.0 Å². The maximum absolute atomic E-state index is 11.8. The fourth-order valence-electron chi connectivity index (χ4n) is 2.65. The largest absolute Gasteiger partial charge is 0.484 e. The number of aliphatic hydroxyl groups is 1. The minimum atomic E-state index is -0.728. The van der Waals surface area contributed by atoms with Crippen LogP contribution in [0.15, 0.2) is 18.2 Å². The highest BCUT2D eigenvalue weighted by atomic mass is 16.5. The Kier molecular flexibility index (Phi) is 5.23. The number of ether oxygens (including phenoxy) is 1. The van der Waals surface area contributed by atoms with Crippen molar-refractivity contribution in [1.82, 2.24) is 5.32 Å². The molecule has 1 amide bonds. The van der Waals surface area contributed by atoms with Crippen molar-refractivity contribution in [3.8, 4) is 5.75 Å². The predicted molar refractivity (Wildman–Crippen MR) is 82.5 cm³/mol. The molecule has 21 heavy (non-hydrogen) atoms. The molecule has 0 aliphatic heterocycles. The van der Waals surface area contributed by atoms with Crippen molar-refractivity contribution < 1.29 is 14.6 Å². The van der Waals surface area contributed by atoms with Crippen LogP contribution in [0.4, 0.5) is 0 Å². The lowest BCUT2D eigenvalue weighted by atomic mass is 9.85. The van der Waals surface area contributed by atoms with Gasteiger partial charge in [0.25, 0.3) is 5.91 Å². The molecule has 0 saturated heterocycles. The molecule has 1 aliphatic rings. The van der Waals surface area contributed by atoms with Crippen molar-refractivity contribution in [3.63, 3.8) is 0 Å². The van der Waals surface area contributed by atoms with Gasteiger partial charge >= 0.3 is 0 Å². The number of hydrogen-bond donors (Lipinski definition) is 2. The first-order valence-corrected chi connectivity index (χ1v) is 7.68. The van der Waals surface area contributed by atoms with E-state index in [0.29, 0.717) is 12.3 Å². The number of carbonyl (C=O) groups excluding carboxylic acids is 1. The molecule has 1 aromatic carbocycles. The van der Waals surface area contributed by atoms with Gasteiger partial charge in [-0.1, -0.05) is 25.3 Å². The van der Waals surface area contributed by atoms with Crippen LogP contribution in [0.1, 0.15) is 43.2 Å². The SMILES string of the molecule is Cc1ccc(OCC(=O)NCC2(O)CCCCC2)cc1C. The molecular formula is C17H25NO3. The quantitative estimate of drug-likeness (QED) is 0.876. The molecule has 0 atom stereocenters. The van der Waals surface area contributed by atoms with Gasteiger partial charge in [-0.05, 0) is 49.9 Å². The molecule has 0 bridgehead atoms. The Labute approximate surface area is 126 Å². The van der Waals surface area contributed by atoms with Crippen LogP contribution in [-0.2, 0) is 4.79 Å². The summed E-state index contributed by atoms with van der Waals surface area (Å²) in [6, 6.07) is 5.77. The predicted octanol–water partition coefficient (Wildman–Crippen LogP) is 2.49. The summed E-state index contributed by atoms with van der Waals surface area (Å²) < 4.78 is 5.48. The molecule has 0 spiro atoms. The van der Waals surface area contributed by atoms with E-state index in [2.05, 4.69) is 5.32 Å². The van der Waals surface area contributed by atoms with Crippen LogP contribution in [0.25, 0.3) is 0 Å². The van der Waals surface area contributed by atoms with Gasteiger partial charge in [0.05, 0.1) is 5.60 Å². The van der Waals surface area contributed by atoms with Crippen LogP contribution >= 0.6 is 0 Å². The third-order valence-electron chi connectivity index (χ3n) is 4.25. The highest BCUT2D eigenvalue weighted by Crippen LogP contribution is 2.27. The van der Waals surface area contributed by atoms with Gasteiger partial charge in [-0.2, -0.15) is 0 Å². The first-order valence-electron chi connectivity index (χ1n) is 7.68. The number of hydrogen-bond acceptors (Lipinski definition) is 3. The summed E-state index contributed by atoms with van der Waals surface area (Å²) >= 11 is 0. The Morgan fingerprint density at radius 3 is 2.62 bits per heavy atom. The summed E-state index contributed by atoms with van der Waals surface area (Å²) in [6.45, 7) is 4.36. The standard InChI is InChI=1S/C17H25NO3/c1-13-6-7-15(10-14(13)2)21-11-16(19)18-12-17(20)8-4-3-5-9-17/h6-7,10,20H,3-5,8-9,11-12H2,1-2H3,(H,18,19). The number of benzene rings is 1. The minimum absolute atomic E-state index is 0.0153. The summed E-state index contributed by atoms with van der Waals surface area (Å²) in [5, 5.41) is 13.1. The summed E-state index contributed by atoms with van der Waals surface area (Å²) in [5.41, 5.74) is 1.62. The average Bonchev–Trinajstić information content (AvgIpc) is 2.47. The Bertz CT molecular complexity index is 493. The Balaban J connectivity index is 1.75. The molecule has 0 aromatic heterocycles. The van der Waals surface area contributed by atoms with Crippen LogP contribution in [0.3, 0.4) is 0 Å². The van der Waals surface area contributed by atoms with Crippen molar-refractivity contribution in [2.24, 2.45) is 0 Å². The topological polar surface area (TPSA) is 58.6 Å². The first kappa shape index (κ1) is 15.8. The zero-order valence-electron chi connectivity index (χ0n) is 12.9. The summed E-state index contributed by atoms with van der Waals surface area (Å²) in [6.07, 6.45) is 4.78.